The molecule has 3 N–H and O–H groups in total. The molecular weight excluding hydrogens is 267 g/mol. The van der Waals surface area contributed by atoms with Gasteiger partial charge in [-0.25, -0.2) is 4.39 Å². The number of halogens is 1. The van der Waals surface area contributed by atoms with Gasteiger partial charge < -0.3 is 11.1 Å². The van der Waals surface area contributed by atoms with Gasteiger partial charge in [-0.2, -0.15) is 0 Å². The molecule has 0 aromatic heterocycles. The maximum Gasteiger partial charge on any atom is 0.234 e. The van der Waals surface area contributed by atoms with Gasteiger partial charge in [-0.05, 0) is 62.2 Å². The number of anilines is 2. The smallest absolute Gasteiger partial charge is 0.234 e. The lowest BCUT2D eigenvalue weighted by Gasteiger charge is -2.24. The summed E-state index contributed by atoms with van der Waals surface area (Å²) in [5.41, 5.74) is 7.64. The van der Waals surface area contributed by atoms with Crippen LogP contribution in [0.1, 0.15) is 25.0 Å². The van der Waals surface area contributed by atoms with Gasteiger partial charge in [0.05, 0.1) is 5.41 Å². The molecule has 0 unspecified atom stereocenters. The predicted molar refractivity (Wildman–Crippen MR) is 83.6 cm³/mol. The quantitative estimate of drug-likeness (QED) is 0.846. The van der Waals surface area contributed by atoms with E-state index in [0.717, 1.165) is 11.1 Å². The van der Waals surface area contributed by atoms with E-state index >= 15 is 0 Å². The van der Waals surface area contributed by atoms with Crippen LogP contribution in [0.3, 0.4) is 0 Å². The first-order valence-corrected chi connectivity index (χ1v) is 6.74. The maximum absolute atomic E-state index is 13.4. The van der Waals surface area contributed by atoms with Crippen LogP contribution in [0.15, 0.2) is 42.5 Å². The minimum Gasteiger partial charge on any atom is -0.399 e. The molecule has 0 aliphatic heterocycles. The zero-order valence-electron chi connectivity index (χ0n) is 12.4. The first-order chi connectivity index (χ1) is 9.79. The highest BCUT2D eigenvalue weighted by Gasteiger charge is 2.29. The first kappa shape index (κ1) is 15.0. The fourth-order valence-electron chi connectivity index (χ4n) is 2.13. The number of aryl methyl sites for hydroxylation is 1. The van der Waals surface area contributed by atoms with Crippen molar-refractivity contribution in [3.05, 3.63) is 59.4 Å². The molecule has 1 amide bonds. The number of rotatable bonds is 3. The minimum atomic E-state index is -0.742. The van der Waals surface area contributed by atoms with Crippen molar-refractivity contribution in [1.29, 1.82) is 0 Å². The molecule has 0 radical (unpaired) electrons. The molecule has 21 heavy (non-hydrogen) atoms. The molecule has 0 saturated heterocycles. The minimum absolute atomic E-state index is 0.197. The summed E-state index contributed by atoms with van der Waals surface area (Å²) < 4.78 is 13.4. The number of carbonyl (C=O) groups is 1. The Morgan fingerprint density at radius 3 is 2.33 bits per heavy atom. The van der Waals surface area contributed by atoms with Gasteiger partial charge in [0.1, 0.15) is 5.82 Å². The van der Waals surface area contributed by atoms with Crippen LogP contribution in [0.4, 0.5) is 15.8 Å². The maximum atomic E-state index is 13.4. The Labute approximate surface area is 124 Å². The molecule has 0 bridgehead atoms. The standard InChI is InChI=1S/C17H19FN2O/c1-11-8-13(18)10-15(9-11)20-16(21)17(2,3)12-4-6-14(19)7-5-12/h4-10H,19H2,1-3H3,(H,20,21). The summed E-state index contributed by atoms with van der Waals surface area (Å²) in [5.74, 6) is -0.562. The second kappa shape index (κ2) is 5.56. The van der Waals surface area contributed by atoms with E-state index in [9.17, 15) is 9.18 Å². The van der Waals surface area contributed by atoms with E-state index in [2.05, 4.69) is 5.32 Å². The summed E-state index contributed by atoms with van der Waals surface area (Å²) in [6, 6.07) is 11.6. The molecule has 0 aliphatic carbocycles. The highest BCUT2D eigenvalue weighted by atomic mass is 19.1. The number of nitrogen functional groups attached to an aromatic ring is 1. The predicted octanol–water partition coefficient (Wildman–Crippen LogP) is 3.63. The highest BCUT2D eigenvalue weighted by Crippen LogP contribution is 2.26. The fraction of sp³-hybridized carbons (Fsp3) is 0.235. The molecular formula is C17H19FN2O. The molecule has 0 atom stereocenters. The van der Waals surface area contributed by atoms with Crippen LogP contribution in [-0.2, 0) is 10.2 Å². The Hall–Kier alpha value is -2.36. The lowest BCUT2D eigenvalue weighted by molar-refractivity contribution is -0.120. The summed E-state index contributed by atoms with van der Waals surface area (Å²) >= 11 is 0. The summed E-state index contributed by atoms with van der Waals surface area (Å²) in [5, 5.41) is 2.77. The summed E-state index contributed by atoms with van der Waals surface area (Å²) in [6.07, 6.45) is 0. The van der Waals surface area contributed by atoms with Crippen LogP contribution >= 0.6 is 0 Å². The van der Waals surface area contributed by atoms with Gasteiger partial charge in [0.15, 0.2) is 0 Å². The molecule has 0 spiro atoms. The van der Waals surface area contributed by atoms with Crippen molar-refractivity contribution in [2.75, 3.05) is 11.1 Å². The molecule has 3 nitrogen and oxygen atoms in total. The van der Waals surface area contributed by atoms with Gasteiger partial charge in [-0.15, -0.1) is 0 Å². The Morgan fingerprint density at radius 1 is 1.14 bits per heavy atom. The zero-order chi connectivity index (χ0) is 15.6. The molecule has 2 rings (SSSR count). The molecule has 0 heterocycles. The van der Waals surface area contributed by atoms with Crippen LogP contribution in [0, 0.1) is 12.7 Å². The average Bonchev–Trinajstić information content (AvgIpc) is 2.37. The number of amides is 1. The van der Waals surface area contributed by atoms with Gasteiger partial charge in [-0.3, -0.25) is 4.79 Å². The average molecular weight is 286 g/mol. The Bertz CT molecular complexity index is 643. The lowest BCUT2D eigenvalue weighted by Crippen LogP contribution is -2.34. The van der Waals surface area contributed by atoms with Crippen molar-refractivity contribution in [2.24, 2.45) is 0 Å². The van der Waals surface area contributed by atoms with Crippen LogP contribution < -0.4 is 11.1 Å². The monoisotopic (exact) mass is 286 g/mol. The second-order valence-electron chi connectivity index (χ2n) is 5.72. The molecule has 0 saturated carbocycles. The van der Waals surface area contributed by atoms with Crippen molar-refractivity contribution in [3.8, 4) is 0 Å². The highest BCUT2D eigenvalue weighted by molar-refractivity contribution is 5.98. The van der Waals surface area contributed by atoms with E-state index in [1.165, 1.54) is 12.1 Å². The molecule has 0 fully saturated rings. The molecule has 0 aliphatic rings. The van der Waals surface area contributed by atoms with Crippen molar-refractivity contribution >= 4 is 17.3 Å². The van der Waals surface area contributed by atoms with Crippen molar-refractivity contribution < 1.29 is 9.18 Å². The van der Waals surface area contributed by atoms with Crippen molar-refractivity contribution in [2.45, 2.75) is 26.2 Å². The molecule has 4 heteroatoms. The number of hydrogen-bond donors (Lipinski definition) is 2. The number of hydrogen-bond acceptors (Lipinski definition) is 2. The zero-order valence-corrected chi connectivity index (χ0v) is 12.4. The summed E-state index contributed by atoms with van der Waals surface area (Å²) in [7, 11) is 0. The number of benzene rings is 2. The van der Waals surface area contributed by atoms with Crippen molar-refractivity contribution in [1.82, 2.24) is 0 Å². The third kappa shape index (κ3) is 3.40. The normalized spacial score (nSPS) is 11.2. The van der Waals surface area contributed by atoms with Crippen molar-refractivity contribution in [3.63, 3.8) is 0 Å². The SMILES string of the molecule is Cc1cc(F)cc(NC(=O)C(C)(C)c2ccc(N)cc2)c1. The van der Waals surface area contributed by atoms with E-state index in [1.54, 1.807) is 25.1 Å². The topological polar surface area (TPSA) is 55.1 Å². The van der Waals surface area contributed by atoms with Crippen LogP contribution in [-0.4, -0.2) is 5.91 Å². The summed E-state index contributed by atoms with van der Waals surface area (Å²) in [4.78, 5) is 12.5. The van der Waals surface area contributed by atoms with E-state index in [-0.39, 0.29) is 11.7 Å². The molecule has 2 aromatic rings. The van der Waals surface area contributed by atoms with Gasteiger partial charge in [0, 0.05) is 11.4 Å². The fourth-order valence-corrected chi connectivity index (χ4v) is 2.13. The van der Waals surface area contributed by atoms with Gasteiger partial charge in [-0.1, -0.05) is 12.1 Å². The first-order valence-electron chi connectivity index (χ1n) is 6.74. The molecule has 2 aromatic carbocycles. The van der Waals surface area contributed by atoms with Crippen LogP contribution in [0.2, 0.25) is 0 Å². The summed E-state index contributed by atoms with van der Waals surface area (Å²) in [6.45, 7) is 5.42. The largest absolute Gasteiger partial charge is 0.399 e. The van der Waals surface area contributed by atoms with Crippen LogP contribution in [0.25, 0.3) is 0 Å². The Morgan fingerprint density at radius 2 is 1.76 bits per heavy atom. The Kier molecular flexibility index (Phi) is 3.98. The second-order valence-corrected chi connectivity index (χ2v) is 5.72. The number of nitrogens with one attached hydrogen (secondary N) is 1. The van der Waals surface area contributed by atoms with Gasteiger partial charge >= 0.3 is 0 Å². The number of carbonyl (C=O) groups excluding carboxylic acids is 1. The van der Waals surface area contributed by atoms with E-state index in [4.69, 9.17) is 5.73 Å². The molecule has 110 valence electrons. The van der Waals surface area contributed by atoms with E-state index in [1.807, 2.05) is 26.0 Å². The van der Waals surface area contributed by atoms with E-state index < -0.39 is 5.41 Å². The number of nitrogens with two attached hydrogens (primary N) is 1. The third-order valence-corrected chi connectivity index (χ3v) is 3.50. The third-order valence-electron chi connectivity index (χ3n) is 3.50. The lowest BCUT2D eigenvalue weighted by atomic mass is 9.83. The van der Waals surface area contributed by atoms with E-state index in [0.29, 0.717) is 11.4 Å². The van der Waals surface area contributed by atoms with Crippen LogP contribution in [0.5, 0.6) is 0 Å². The van der Waals surface area contributed by atoms with Gasteiger partial charge in [0.2, 0.25) is 5.91 Å². The van der Waals surface area contributed by atoms with Gasteiger partial charge in [0.25, 0.3) is 0 Å². The Balaban J connectivity index is 2.23.